The second-order valence-electron chi connectivity index (χ2n) is 7.74. The molecule has 1 atom stereocenters. The van der Waals surface area contributed by atoms with Crippen molar-refractivity contribution in [2.75, 3.05) is 13.2 Å². The number of morpholine rings is 1. The van der Waals surface area contributed by atoms with Crippen molar-refractivity contribution in [3.05, 3.63) is 46.4 Å². The molecule has 8 heteroatoms. The Balaban J connectivity index is 1.87. The van der Waals surface area contributed by atoms with Crippen molar-refractivity contribution in [3.63, 3.8) is 0 Å². The number of aromatic nitrogens is 2. The number of nitrogens with one attached hydrogen (secondary N) is 2. The van der Waals surface area contributed by atoms with Crippen molar-refractivity contribution in [1.82, 2.24) is 14.9 Å². The molecule has 1 fully saturated rings. The van der Waals surface area contributed by atoms with E-state index < -0.39 is 11.9 Å². The SMILES string of the molecule is CC1(C)NCCOC1CCn1c2cc(=O)ccc2c2cc[nH]c(C(F)(F)F)c21. The topological polar surface area (TPSA) is 59.0 Å². The monoisotopic (exact) mass is 393 g/mol. The summed E-state index contributed by atoms with van der Waals surface area (Å²) in [6, 6.07) is 6.00. The maximum Gasteiger partial charge on any atom is 0.433 e. The number of nitrogens with zero attached hydrogens (tertiary/aromatic N) is 1. The van der Waals surface area contributed by atoms with Crippen molar-refractivity contribution >= 4 is 21.8 Å². The molecular weight excluding hydrogens is 371 g/mol. The maximum absolute atomic E-state index is 13.7. The quantitative estimate of drug-likeness (QED) is 0.714. The molecule has 4 rings (SSSR count). The lowest BCUT2D eigenvalue weighted by Gasteiger charge is -2.39. The van der Waals surface area contributed by atoms with Crippen molar-refractivity contribution in [2.24, 2.45) is 0 Å². The predicted molar refractivity (Wildman–Crippen MR) is 102 cm³/mol. The van der Waals surface area contributed by atoms with E-state index in [9.17, 15) is 18.0 Å². The highest BCUT2D eigenvalue weighted by Gasteiger charge is 2.36. The highest BCUT2D eigenvalue weighted by atomic mass is 19.4. The third kappa shape index (κ3) is 3.20. The van der Waals surface area contributed by atoms with E-state index in [2.05, 4.69) is 10.3 Å². The summed E-state index contributed by atoms with van der Waals surface area (Å²) in [7, 11) is 0. The minimum Gasteiger partial charge on any atom is -0.375 e. The fraction of sp³-hybridized carbons (Fsp3) is 0.450. The van der Waals surface area contributed by atoms with Gasteiger partial charge in [-0.05, 0) is 38.5 Å². The van der Waals surface area contributed by atoms with Gasteiger partial charge in [-0.2, -0.15) is 13.2 Å². The van der Waals surface area contributed by atoms with E-state index in [4.69, 9.17) is 4.74 Å². The number of hydrogen-bond donors (Lipinski definition) is 2. The Morgan fingerprint density at radius 1 is 1.25 bits per heavy atom. The van der Waals surface area contributed by atoms with Gasteiger partial charge in [0, 0.05) is 41.7 Å². The van der Waals surface area contributed by atoms with E-state index >= 15 is 0 Å². The molecule has 0 amide bonds. The lowest BCUT2D eigenvalue weighted by atomic mass is 9.93. The van der Waals surface area contributed by atoms with E-state index in [-0.39, 0.29) is 22.6 Å². The fourth-order valence-electron chi connectivity index (χ4n) is 4.11. The van der Waals surface area contributed by atoms with E-state index in [1.807, 2.05) is 13.8 Å². The summed E-state index contributed by atoms with van der Waals surface area (Å²) in [6.45, 7) is 5.65. The van der Waals surface area contributed by atoms with Crippen molar-refractivity contribution in [1.29, 1.82) is 0 Å². The number of hydrogen-bond acceptors (Lipinski definition) is 3. The molecule has 1 saturated heterocycles. The summed E-state index contributed by atoms with van der Waals surface area (Å²) in [6.07, 6.45) is -2.87. The van der Waals surface area contributed by atoms with E-state index in [0.717, 1.165) is 6.54 Å². The van der Waals surface area contributed by atoms with Gasteiger partial charge in [-0.1, -0.05) is 0 Å². The first-order valence-corrected chi connectivity index (χ1v) is 9.26. The van der Waals surface area contributed by atoms with Gasteiger partial charge in [0.05, 0.1) is 23.7 Å². The van der Waals surface area contributed by atoms with Gasteiger partial charge in [-0.25, -0.2) is 0 Å². The molecule has 3 aromatic rings. The summed E-state index contributed by atoms with van der Waals surface area (Å²) in [5.74, 6) is 0. The summed E-state index contributed by atoms with van der Waals surface area (Å²) < 4.78 is 48.5. The standard InChI is InChI=1S/C20H22F3N3O2/c1-19(2)16(28-10-8-25-19)6-9-26-15-11-12(27)3-4-13(15)14-5-7-24-18(17(14)26)20(21,22)23/h3-5,7,11,16,24-25H,6,8-10H2,1-2H3. The van der Waals surface area contributed by atoms with Crippen LogP contribution in [-0.4, -0.2) is 34.3 Å². The third-order valence-corrected chi connectivity index (χ3v) is 5.49. The van der Waals surface area contributed by atoms with E-state index in [1.54, 1.807) is 16.7 Å². The van der Waals surface area contributed by atoms with Gasteiger partial charge in [0.25, 0.3) is 0 Å². The number of halogens is 3. The van der Waals surface area contributed by atoms with Crippen LogP contribution in [0.4, 0.5) is 13.2 Å². The zero-order valence-electron chi connectivity index (χ0n) is 15.7. The molecular formula is C20H22F3N3O2. The van der Waals surface area contributed by atoms with Crippen LogP contribution in [0.15, 0.2) is 35.3 Å². The second-order valence-corrected chi connectivity index (χ2v) is 7.74. The molecule has 3 heterocycles. The van der Waals surface area contributed by atoms with Crippen LogP contribution in [0.5, 0.6) is 0 Å². The number of aryl methyl sites for hydroxylation is 1. The summed E-state index contributed by atoms with van der Waals surface area (Å²) in [5.41, 5.74) is -0.744. The number of fused-ring (bicyclic) bond motifs is 3. The number of pyridine rings is 1. The number of rotatable bonds is 3. The molecule has 0 saturated carbocycles. The van der Waals surface area contributed by atoms with E-state index in [0.29, 0.717) is 35.9 Å². The van der Waals surface area contributed by atoms with Crippen molar-refractivity contribution < 1.29 is 17.9 Å². The van der Waals surface area contributed by atoms with E-state index in [1.165, 1.54) is 18.3 Å². The predicted octanol–water partition coefficient (Wildman–Crippen LogP) is 3.66. The van der Waals surface area contributed by atoms with Gasteiger partial charge in [-0.3, -0.25) is 4.79 Å². The first-order valence-electron chi connectivity index (χ1n) is 9.26. The Morgan fingerprint density at radius 2 is 2.04 bits per heavy atom. The number of benzene rings is 1. The normalized spacial score (nSPS) is 20.1. The first-order chi connectivity index (χ1) is 13.2. The average Bonchev–Trinajstić information content (AvgIpc) is 2.92. The van der Waals surface area contributed by atoms with Gasteiger partial charge in [0.15, 0.2) is 5.43 Å². The van der Waals surface area contributed by atoms with Crippen LogP contribution in [0.2, 0.25) is 0 Å². The highest BCUT2D eigenvalue weighted by molar-refractivity contribution is 6.08. The van der Waals surface area contributed by atoms with Crippen LogP contribution < -0.4 is 10.7 Å². The van der Waals surface area contributed by atoms with Crippen LogP contribution >= 0.6 is 0 Å². The molecule has 0 radical (unpaired) electrons. The minimum atomic E-state index is -4.53. The van der Waals surface area contributed by atoms with Gasteiger partial charge in [0.2, 0.25) is 0 Å². The fourth-order valence-corrected chi connectivity index (χ4v) is 4.11. The molecule has 0 bridgehead atoms. The third-order valence-electron chi connectivity index (χ3n) is 5.49. The smallest absolute Gasteiger partial charge is 0.375 e. The number of aromatic amines is 1. The molecule has 2 N–H and O–H groups in total. The highest BCUT2D eigenvalue weighted by Crippen LogP contribution is 2.37. The molecule has 1 aliphatic rings. The van der Waals surface area contributed by atoms with Gasteiger partial charge in [-0.15, -0.1) is 0 Å². The minimum absolute atomic E-state index is 0.0668. The average molecular weight is 393 g/mol. The molecule has 0 spiro atoms. The molecule has 1 aromatic carbocycles. The van der Waals surface area contributed by atoms with Crippen LogP contribution in [0.3, 0.4) is 0 Å². The van der Waals surface area contributed by atoms with Crippen LogP contribution in [0.25, 0.3) is 21.8 Å². The molecule has 150 valence electrons. The molecule has 28 heavy (non-hydrogen) atoms. The maximum atomic E-state index is 13.7. The van der Waals surface area contributed by atoms with Gasteiger partial charge < -0.3 is 19.6 Å². The largest absolute Gasteiger partial charge is 0.433 e. The summed E-state index contributed by atoms with van der Waals surface area (Å²) in [5, 5.41) is 4.50. The Kier molecular flexibility index (Phi) is 4.50. The molecule has 1 aliphatic heterocycles. The van der Waals surface area contributed by atoms with Crippen LogP contribution in [0, 0.1) is 0 Å². The first kappa shape index (κ1) is 19.0. The Labute approximate surface area is 159 Å². The summed E-state index contributed by atoms with van der Waals surface area (Å²) >= 11 is 0. The molecule has 1 unspecified atom stereocenters. The lowest BCUT2D eigenvalue weighted by Crippen LogP contribution is -2.56. The van der Waals surface area contributed by atoms with Crippen molar-refractivity contribution in [2.45, 2.75) is 44.6 Å². The lowest BCUT2D eigenvalue weighted by molar-refractivity contribution is -0.140. The Morgan fingerprint density at radius 3 is 2.75 bits per heavy atom. The number of alkyl halides is 3. The Bertz CT molecular complexity index is 1080. The summed E-state index contributed by atoms with van der Waals surface area (Å²) in [4.78, 5) is 14.3. The van der Waals surface area contributed by atoms with Gasteiger partial charge >= 0.3 is 6.18 Å². The molecule has 2 aromatic heterocycles. The van der Waals surface area contributed by atoms with Crippen LogP contribution in [-0.2, 0) is 17.5 Å². The molecule has 0 aliphatic carbocycles. The zero-order valence-corrected chi connectivity index (χ0v) is 15.7. The number of ether oxygens (including phenoxy) is 1. The second kappa shape index (κ2) is 6.63. The van der Waals surface area contributed by atoms with Crippen molar-refractivity contribution in [3.8, 4) is 0 Å². The number of H-pyrrole nitrogens is 1. The Hall–Kier alpha value is -2.32. The molecule has 5 nitrogen and oxygen atoms in total. The van der Waals surface area contributed by atoms with Gasteiger partial charge in [0.1, 0.15) is 5.69 Å². The van der Waals surface area contributed by atoms with Crippen LogP contribution in [0.1, 0.15) is 26.0 Å². The zero-order chi connectivity index (χ0) is 20.1.